The summed E-state index contributed by atoms with van der Waals surface area (Å²) in [5.74, 6) is 0.995. The molecule has 0 N–H and O–H groups in total. The number of hydrogen-bond donors (Lipinski definition) is 0. The summed E-state index contributed by atoms with van der Waals surface area (Å²) in [6.45, 7) is 2.65. The number of sulfonamides is 1. The van der Waals surface area contributed by atoms with E-state index in [-0.39, 0.29) is 23.4 Å². The van der Waals surface area contributed by atoms with Gasteiger partial charge in [-0.25, -0.2) is 13.4 Å². The molecule has 36 heavy (non-hydrogen) atoms. The number of furan rings is 1. The molecular formula is C26H27N3O5S2. The van der Waals surface area contributed by atoms with Gasteiger partial charge in [0.05, 0.1) is 35.0 Å². The number of rotatable bonds is 7. The number of piperidine rings is 1. The maximum atomic E-state index is 13.7. The van der Waals surface area contributed by atoms with Crippen molar-refractivity contribution in [2.45, 2.75) is 43.7 Å². The molecule has 4 aromatic rings. The van der Waals surface area contributed by atoms with Crippen molar-refractivity contribution in [1.82, 2.24) is 9.29 Å². The molecule has 10 heteroatoms. The summed E-state index contributed by atoms with van der Waals surface area (Å²) in [5.41, 5.74) is 1.09. The number of carbonyl (C=O) groups is 1. The second-order valence-electron chi connectivity index (χ2n) is 8.79. The van der Waals surface area contributed by atoms with E-state index in [0.29, 0.717) is 28.7 Å². The maximum absolute atomic E-state index is 13.7. The number of methoxy groups -OCH3 is 1. The lowest BCUT2D eigenvalue weighted by atomic mass is 10.1. The van der Waals surface area contributed by atoms with Crippen LogP contribution in [0.2, 0.25) is 0 Å². The van der Waals surface area contributed by atoms with Gasteiger partial charge < -0.3 is 9.15 Å². The fourth-order valence-corrected chi connectivity index (χ4v) is 7.05. The summed E-state index contributed by atoms with van der Waals surface area (Å²) in [4.78, 5) is 20.1. The van der Waals surface area contributed by atoms with Crippen molar-refractivity contribution >= 4 is 42.6 Å². The molecule has 188 valence electrons. The Balaban J connectivity index is 1.46. The van der Waals surface area contributed by atoms with E-state index in [4.69, 9.17) is 9.15 Å². The van der Waals surface area contributed by atoms with Gasteiger partial charge in [-0.3, -0.25) is 9.69 Å². The van der Waals surface area contributed by atoms with Crippen LogP contribution in [0.15, 0.2) is 70.2 Å². The van der Waals surface area contributed by atoms with Gasteiger partial charge in [0.25, 0.3) is 5.91 Å². The third-order valence-electron chi connectivity index (χ3n) is 6.40. The van der Waals surface area contributed by atoms with Gasteiger partial charge in [0.2, 0.25) is 10.0 Å². The number of thiazole rings is 1. The number of benzene rings is 2. The van der Waals surface area contributed by atoms with Crippen molar-refractivity contribution in [3.8, 4) is 5.75 Å². The largest absolute Gasteiger partial charge is 0.497 e. The van der Waals surface area contributed by atoms with Crippen molar-refractivity contribution in [1.29, 1.82) is 0 Å². The van der Waals surface area contributed by atoms with Gasteiger partial charge >= 0.3 is 0 Å². The number of ether oxygens (including phenoxy) is 1. The molecule has 1 amide bonds. The van der Waals surface area contributed by atoms with Crippen LogP contribution in [0.3, 0.4) is 0 Å². The highest BCUT2D eigenvalue weighted by atomic mass is 32.2. The third kappa shape index (κ3) is 4.76. The number of hydrogen-bond acceptors (Lipinski definition) is 7. The van der Waals surface area contributed by atoms with Crippen molar-refractivity contribution in [3.05, 3.63) is 72.2 Å². The lowest BCUT2D eigenvalue weighted by Crippen LogP contribution is -2.41. The van der Waals surface area contributed by atoms with Gasteiger partial charge in [0.15, 0.2) is 5.13 Å². The summed E-state index contributed by atoms with van der Waals surface area (Å²) >= 11 is 1.39. The second kappa shape index (κ2) is 10.0. The Morgan fingerprint density at radius 3 is 2.69 bits per heavy atom. The minimum Gasteiger partial charge on any atom is -0.497 e. The van der Waals surface area contributed by atoms with Crippen molar-refractivity contribution in [2.24, 2.45) is 0 Å². The predicted octanol–water partition coefficient (Wildman–Crippen LogP) is 5.31. The zero-order valence-corrected chi connectivity index (χ0v) is 21.7. The summed E-state index contributed by atoms with van der Waals surface area (Å²) in [7, 11) is -2.03. The number of amides is 1. The van der Waals surface area contributed by atoms with Crippen LogP contribution in [0.25, 0.3) is 10.2 Å². The van der Waals surface area contributed by atoms with E-state index >= 15 is 0 Å². The van der Waals surface area contributed by atoms with Gasteiger partial charge in [-0.1, -0.05) is 17.8 Å². The molecule has 2 aromatic heterocycles. The highest BCUT2D eigenvalue weighted by Crippen LogP contribution is 2.33. The molecule has 0 aliphatic carbocycles. The average Bonchev–Trinajstić information content (AvgIpc) is 3.56. The van der Waals surface area contributed by atoms with Crippen LogP contribution >= 0.6 is 11.3 Å². The van der Waals surface area contributed by atoms with Gasteiger partial charge in [0, 0.05) is 24.2 Å². The maximum Gasteiger partial charge on any atom is 0.260 e. The molecule has 3 heterocycles. The van der Waals surface area contributed by atoms with Gasteiger partial charge in [-0.15, -0.1) is 0 Å². The van der Waals surface area contributed by atoms with Crippen LogP contribution in [-0.4, -0.2) is 43.3 Å². The number of carbonyl (C=O) groups excluding carboxylic acids is 1. The number of aromatic nitrogens is 1. The topological polar surface area (TPSA) is 92.9 Å². The fourth-order valence-electron chi connectivity index (χ4n) is 4.41. The second-order valence-corrected chi connectivity index (χ2v) is 11.7. The zero-order valence-electron chi connectivity index (χ0n) is 20.1. The first kappa shape index (κ1) is 24.5. The molecule has 1 aliphatic rings. The summed E-state index contributed by atoms with van der Waals surface area (Å²) in [6, 6.07) is 15.3. The van der Waals surface area contributed by atoms with E-state index in [0.717, 1.165) is 29.5 Å². The Kier molecular flexibility index (Phi) is 6.83. The lowest BCUT2D eigenvalue weighted by molar-refractivity contribution is 0.0983. The predicted molar refractivity (Wildman–Crippen MR) is 139 cm³/mol. The molecule has 1 unspecified atom stereocenters. The van der Waals surface area contributed by atoms with Crippen LogP contribution in [0.5, 0.6) is 5.75 Å². The molecule has 8 nitrogen and oxygen atoms in total. The Labute approximate surface area is 214 Å². The number of fused-ring (bicyclic) bond motifs is 1. The van der Waals surface area contributed by atoms with Crippen LogP contribution in [0.1, 0.15) is 42.3 Å². The molecular weight excluding hydrogens is 498 g/mol. The first-order chi connectivity index (χ1) is 17.4. The molecule has 2 aromatic carbocycles. The average molecular weight is 526 g/mol. The van der Waals surface area contributed by atoms with E-state index < -0.39 is 10.0 Å². The highest BCUT2D eigenvalue weighted by Gasteiger charge is 2.31. The van der Waals surface area contributed by atoms with E-state index in [2.05, 4.69) is 4.98 Å². The molecule has 1 atom stereocenters. The van der Waals surface area contributed by atoms with Crippen molar-refractivity contribution < 1.29 is 22.4 Å². The standard InChI is InChI=1S/C26H27N3O5S2/c1-18-6-3-4-14-29(18)36(31,32)22-11-8-19(9-12-22)25(30)28(17-21-7-5-15-34-21)26-27-23-16-20(33-2)10-13-24(23)35-26/h5,7-13,15-16,18H,3-4,6,14,17H2,1-2H3. The number of nitrogens with zero attached hydrogens (tertiary/aromatic N) is 3. The van der Waals surface area contributed by atoms with Crippen LogP contribution in [0, 0.1) is 0 Å². The quantitative estimate of drug-likeness (QED) is 0.325. The highest BCUT2D eigenvalue weighted by molar-refractivity contribution is 7.89. The number of anilines is 1. The van der Waals surface area contributed by atoms with Gasteiger partial charge in [-0.2, -0.15) is 4.31 Å². The SMILES string of the molecule is COc1ccc2sc(N(Cc3ccco3)C(=O)c3ccc(S(=O)(=O)N4CCCCC4C)cc3)nc2c1. The van der Waals surface area contributed by atoms with Crippen LogP contribution in [-0.2, 0) is 16.6 Å². The molecule has 1 fully saturated rings. The minimum atomic E-state index is -3.62. The van der Waals surface area contributed by atoms with E-state index in [1.807, 2.05) is 25.1 Å². The first-order valence-electron chi connectivity index (χ1n) is 11.8. The molecule has 0 saturated carbocycles. The van der Waals surface area contributed by atoms with Gasteiger partial charge in [-0.05, 0) is 68.3 Å². The van der Waals surface area contributed by atoms with Crippen LogP contribution in [0.4, 0.5) is 5.13 Å². The van der Waals surface area contributed by atoms with E-state index in [1.165, 1.54) is 23.5 Å². The van der Waals surface area contributed by atoms with Crippen molar-refractivity contribution in [2.75, 3.05) is 18.6 Å². The first-order valence-corrected chi connectivity index (χ1v) is 14.0. The van der Waals surface area contributed by atoms with Crippen LogP contribution < -0.4 is 9.64 Å². The Morgan fingerprint density at radius 1 is 1.19 bits per heavy atom. The zero-order chi connectivity index (χ0) is 25.3. The minimum absolute atomic E-state index is 0.0356. The van der Waals surface area contributed by atoms with Gasteiger partial charge in [0.1, 0.15) is 11.5 Å². The van der Waals surface area contributed by atoms with E-state index in [1.54, 1.807) is 46.8 Å². The molecule has 5 rings (SSSR count). The smallest absolute Gasteiger partial charge is 0.260 e. The summed E-state index contributed by atoms with van der Waals surface area (Å²) in [6.07, 6.45) is 4.30. The van der Waals surface area contributed by atoms with Crippen molar-refractivity contribution in [3.63, 3.8) is 0 Å². The molecule has 0 radical (unpaired) electrons. The lowest BCUT2D eigenvalue weighted by Gasteiger charge is -2.32. The Hall–Kier alpha value is -3.21. The normalized spacial score (nSPS) is 16.8. The molecule has 0 spiro atoms. The van der Waals surface area contributed by atoms with E-state index in [9.17, 15) is 13.2 Å². The Bertz CT molecular complexity index is 1460. The fraction of sp³-hybridized carbons (Fsp3) is 0.308. The molecule has 1 aliphatic heterocycles. The Morgan fingerprint density at radius 2 is 2.00 bits per heavy atom. The molecule has 1 saturated heterocycles. The summed E-state index contributed by atoms with van der Waals surface area (Å²) in [5, 5.41) is 0.512. The third-order valence-corrected chi connectivity index (χ3v) is 9.49. The monoisotopic (exact) mass is 525 g/mol. The summed E-state index contributed by atoms with van der Waals surface area (Å²) < 4.78 is 39.7. The molecule has 0 bridgehead atoms.